The van der Waals surface area contributed by atoms with Gasteiger partial charge in [0.25, 0.3) is 0 Å². The summed E-state index contributed by atoms with van der Waals surface area (Å²) in [5.41, 5.74) is 1.00. The molecule has 1 aromatic carbocycles. The van der Waals surface area contributed by atoms with E-state index in [9.17, 15) is 4.39 Å². The van der Waals surface area contributed by atoms with Gasteiger partial charge < -0.3 is 20.1 Å². The Morgan fingerprint density at radius 2 is 2.03 bits per heavy atom. The van der Waals surface area contributed by atoms with E-state index in [1.807, 2.05) is 13.0 Å². The molecule has 3 fully saturated rings. The Labute approximate surface area is 185 Å². The maximum absolute atomic E-state index is 14.5. The molecule has 1 unspecified atom stereocenters. The molecule has 3 aliphatic rings. The second kappa shape index (κ2) is 10.2. The minimum atomic E-state index is -0.301. The fourth-order valence-corrected chi connectivity index (χ4v) is 4.67. The van der Waals surface area contributed by atoms with Gasteiger partial charge in [0.05, 0.1) is 12.6 Å². The molecule has 2 saturated heterocycles. The number of rotatable bonds is 8. The van der Waals surface area contributed by atoms with Crippen LogP contribution >= 0.6 is 0 Å². The predicted molar refractivity (Wildman–Crippen MR) is 121 cm³/mol. The van der Waals surface area contributed by atoms with Crippen molar-refractivity contribution in [2.75, 3.05) is 46.5 Å². The number of likely N-dealkylation sites (tertiary alicyclic amines) is 1. The van der Waals surface area contributed by atoms with Crippen molar-refractivity contribution in [3.05, 3.63) is 29.6 Å². The molecule has 31 heavy (non-hydrogen) atoms. The van der Waals surface area contributed by atoms with Crippen LogP contribution in [0.1, 0.15) is 57.1 Å². The van der Waals surface area contributed by atoms with Crippen molar-refractivity contribution in [1.29, 1.82) is 0 Å². The standard InChI is InChI=1S/C24H37FN4O2/c1-18(20-7-8-22(21(25)15-20)31-16-19-5-6-19)28-23(26-2)27-17-24(9-13-30-14-10-24)29-11-3-4-12-29/h7-8,15,18-19H,3-6,9-14,16-17H2,1-2H3,(H2,26,27,28). The summed E-state index contributed by atoms with van der Waals surface area (Å²) in [7, 11) is 1.78. The van der Waals surface area contributed by atoms with E-state index in [0.29, 0.717) is 18.3 Å². The highest BCUT2D eigenvalue weighted by molar-refractivity contribution is 5.80. The zero-order valence-electron chi connectivity index (χ0n) is 19.0. The van der Waals surface area contributed by atoms with Crippen LogP contribution in [0.3, 0.4) is 0 Å². The number of aliphatic imine (C=N–C) groups is 1. The molecule has 0 radical (unpaired) electrons. The van der Waals surface area contributed by atoms with Crippen LogP contribution < -0.4 is 15.4 Å². The molecule has 1 aromatic rings. The molecule has 2 aliphatic heterocycles. The van der Waals surface area contributed by atoms with Crippen molar-refractivity contribution < 1.29 is 13.9 Å². The molecular weight excluding hydrogens is 395 g/mol. The van der Waals surface area contributed by atoms with Crippen LogP contribution in [-0.2, 0) is 4.74 Å². The fourth-order valence-electron chi connectivity index (χ4n) is 4.67. The highest BCUT2D eigenvalue weighted by Gasteiger charge is 2.39. The molecule has 0 bridgehead atoms. The summed E-state index contributed by atoms with van der Waals surface area (Å²) in [5.74, 6) is 1.39. The van der Waals surface area contributed by atoms with Crippen molar-refractivity contribution in [3.8, 4) is 5.75 Å². The number of nitrogens with one attached hydrogen (secondary N) is 2. The van der Waals surface area contributed by atoms with Crippen LogP contribution in [0.2, 0.25) is 0 Å². The number of nitrogens with zero attached hydrogens (tertiary/aromatic N) is 2. The van der Waals surface area contributed by atoms with E-state index in [4.69, 9.17) is 9.47 Å². The molecule has 1 aliphatic carbocycles. The number of ether oxygens (including phenoxy) is 2. The maximum atomic E-state index is 14.5. The van der Waals surface area contributed by atoms with E-state index >= 15 is 0 Å². The summed E-state index contributed by atoms with van der Waals surface area (Å²) in [5, 5.41) is 6.97. The van der Waals surface area contributed by atoms with Gasteiger partial charge in [-0.25, -0.2) is 4.39 Å². The molecule has 172 valence electrons. The third-order valence-electron chi connectivity index (χ3n) is 6.99. The predicted octanol–water partition coefficient (Wildman–Crippen LogP) is 3.49. The average molecular weight is 433 g/mol. The molecule has 0 amide bonds. The van der Waals surface area contributed by atoms with Crippen molar-refractivity contribution >= 4 is 5.96 Å². The number of hydrogen-bond donors (Lipinski definition) is 2. The van der Waals surface area contributed by atoms with Gasteiger partial charge in [-0.2, -0.15) is 0 Å². The summed E-state index contributed by atoms with van der Waals surface area (Å²) in [6, 6.07) is 5.17. The number of hydrogen-bond acceptors (Lipinski definition) is 4. The third-order valence-corrected chi connectivity index (χ3v) is 6.99. The lowest BCUT2D eigenvalue weighted by Gasteiger charge is -2.45. The molecule has 1 saturated carbocycles. The molecule has 0 aromatic heterocycles. The molecule has 2 heterocycles. The second-order valence-electron chi connectivity index (χ2n) is 9.27. The van der Waals surface area contributed by atoms with Crippen LogP contribution in [0.25, 0.3) is 0 Å². The van der Waals surface area contributed by atoms with Crippen LogP contribution in [0.15, 0.2) is 23.2 Å². The van der Waals surface area contributed by atoms with Gasteiger partial charge in [-0.05, 0) is 82.2 Å². The first-order valence-electron chi connectivity index (χ1n) is 11.8. The van der Waals surface area contributed by atoms with Crippen LogP contribution in [0, 0.1) is 11.7 Å². The van der Waals surface area contributed by atoms with Crippen LogP contribution in [0.4, 0.5) is 4.39 Å². The van der Waals surface area contributed by atoms with Gasteiger partial charge in [-0.15, -0.1) is 0 Å². The number of benzene rings is 1. The van der Waals surface area contributed by atoms with Crippen molar-refractivity contribution in [2.24, 2.45) is 10.9 Å². The summed E-state index contributed by atoms with van der Waals surface area (Å²) >= 11 is 0. The maximum Gasteiger partial charge on any atom is 0.191 e. The quantitative estimate of drug-likeness (QED) is 0.487. The van der Waals surface area contributed by atoms with Crippen LogP contribution in [-0.4, -0.2) is 62.9 Å². The lowest BCUT2D eigenvalue weighted by atomic mass is 9.88. The summed E-state index contributed by atoms with van der Waals surface area (Å²) in [6.45, 7) is 7.44. The first-order chi connectivity index (χ1) is 15.1. The normalized spacial score (nSPS) is 22.9. The second-order valence-corrected chi connectivity index (χ2v) is 9.27. The van der Waals surface area contributed by atoms with E-state index in [1.54, 1.807) is 19.2 Å². The Hall–Kier alpha value is -1.86. The molecule has 0 spiro atoms. The smallest absolute Gasteiger partial charge is 0.191 e. The highest BCUT2D eigenvalue weighted by Crippen LogP contribution is 2.32. The minimum absolute atomic E-state index is 0.0735. The van der Waals surface area contributed by atoms with Crippen molar-refractivity contribution in [3.63, 3.8) is 0 Å². The first-order valence-corrected chi connectivity index (χ1v) is 11.8. The molecule has 7 heteroatoms. The van der Waals surface area contributed by atoms with E-state index in [1.165, 1.54) is 38.8 Å². The highest BCUT2D eigenvalue weighted by atomic mass is 19.1. The summed E-state index contributed by atoms with van der Waals surface area (Å²) < 4.78 is 25.8. The average Bonchev–Trinajstić information content (AvgIpc) is 3.45. The monoisotopic (exact) mass is 432 g/mol. The molecule has 2 N–H and O–H groups in total. The Bertz CT molecular complexity index is 756. The third kappa shape index (κ3) is 5.69. The Balaban J connectivity index is 1.34. The SMILES string of the molecule is CN=C(NCC1(N2CCCC2)CCOCC1)NC(C)c1ccc(OCC2CC2)c(F)c1. The molecule has 6 nitrogen and oxygen atoms in total. The Morgan fingerprint density at radius 3 is 2.68 bits per heavy atom. The number of guanidine groups is 1. The van der Waals surface area contributed by atoms with Crippen molar-refractivity contribution in [1.82, 2.24) is 15.5 Å². The van der Waals surface area contributed by atoms with E-state index in [2.05, 4.69) is 20.5 Å². The molecular formula is C24H37FN4O2. The zero-order chi connectivity index (χ0) is 21.7. The van der Waals surface area contributed by atoms with Gasteiger partial charge >= 0.3 is 0 Å². The fraction of sp³-hybridized carbons (Fsp3) is 0.708. The van der Waals surface area contributed by atoms with E-state index < -0.39 is 0 Å². The van der Waals surface area contributed by atoms with Gasteiger partial charge in [0.1, 0.15) is 0 Å². The zero-order valence-corrected chi connectivity index (χ0v) is 19.0. The van der Waals surface area contributed by atoms with Gasteiger partial charge in [-0.1, -0.05) is 6.07 Å². The first kappa shape index (κ1) is 22.3. The van der Waals surface area contributed by atoms with Crippen LogP contribution in [0.5, 0.6) is 5.75 Å². The Morgan fingerprint density at radius 1 is 1.29 bits per heavy atom. The lowest BCUT2D eigenvalue weighted by Crippen LogP contribution is -2.58. The van der Waals surface area contributed by atoms with Gasteiger partial charge in [0.15, 0.2) is 17.5 Å². The minimum Gasteiger partial charge on any atom is -0.490 e. The summed E-state index contributed by atoms with van der Waals surface area (Å²) in [6.07, 6.45) is 7.02. The van der Waals surface area contributed by atoms with Gasteiger partial charge in [0, 0.05) is 32.3 Å². The molecule has 1 atom stereocenters. The lowest BCUT2D eigenvalue weighted by molar-refractivity contribution is -0.0164. The van der Waals surface area contributed by atoms with Gasteiger partial charge in [-0.3, -0.25) is 9.89 Å². The number of halogens is 1. The van der Waals surface area contributed by atoms with Crippen molar-refractivity contribution in [2.45, 2.75) is 57.0 Å². The summed E-state index contributed by atoms with van der Waals surface area (Å²) in [4.78, 5) is 7.05. The molecule has 4 rings (SSSR count). The van der Waals surface area contributed by atoms with E-state index in [0.717, 1.165) is 44.1 Å². The van der Waals surface area contributed by atoms with Gasteiger partial charge in [0.2, 0.25) is 0 Å². The topological polar surface area (TPSA) is 58.1 Å². The van der Waals surface area contributed by atoms with E-state index in [-0.39, 0.29) is 17.4 Å². The largest absolute Gasteiger partial charge is 0.490 e. The Kier molecular flexibility index (Phi) is 7.33.